The van der Waals surface area contributed by atoms with Gasteiger partial charge in [0, 0.05) is 0 Å². The molecule has 240 valence electrons. The molecule has 0 unspecified atom stereocenters. The summed E-state index contributed by atoms with van der Waals surface area (Å²) in [6, 6.07) is 42.0. The van der Waals surface area contributed by atoms with E-state index in [1.807, 2.05) is 12.2 Å². The lowest BCUT2D eigenvalue weighted by Gasteiger charge is -2.22. The van der Waals surface area contributed by atoms with Gasteiger partial charge in [0.25, 0.3) is 0 Å². The molecule has 49 heavy (non-hydrogen) atoms. The Kier molecular flexibility index (Phi) is 10.8. The molecular weight excluding hydrogens is 589 g/mol. The van der Waals surface area contributed by atoms with Gasteiger partial charge in [-0.15, -0.1) is 0 Å². The van der Waals surface area contributed by atoms with Crippen molar-refractivity contribution in [2.75, 3.05) is 0 Å². The van der Waals surface area contributed by atoms with E-state index < -0.39 is 0 Å². The predicted octanol–water partition coefficient (Wildman–Crippen LogP) is 14.2. The lowest BCUT2D eigenvalue weighted by Crippen LogP contribution is -1.98. The summed E-state index contributed by atoms with van der Waals surface area (Å²) in [5, 5.41) is 0. The zero-order valence-electron chi connectivity index (χ0n) is 28.7. The fraction of sp³-hybridized carbons (Fsp3) is 0.102. The quantitative estimate of drug-likeness (QED) is 0.127. The van der Waals surface area contributed by atoms with Crippen LogP contribution in [0.15, 0.2) is 183 Å². The van der Waals surface area contributed by atoms with Crippen molar-refractivity contribution in [2.24, 2.45) is 0 Å². The van der Waals surface area contributed by atoms with Crippen molar-refractivity contribution in [3.05, 3.63) is 200 Å². The highest BCUT2D eigenvalue weighted by atomic mass is 14.2. The van der Waals surface area contributed by atoms with Crippen LogP contribution >= 0.6 is 0 Å². The van der Waals surface area contributed by atoms with Crippen LogP contribution in [0, 0.1) is 0 Å². The SMILES string of the molecule is C=C/C=C(\C=C)c1c(C(/C=C\C)=C/CC)cccc1-c1ccc(-c2c(C3=CCCC=C3)ccc(-c3ccccc3)c2-c2ccccc2)cc1. The second-order valence-electron chi connectivity index (χ2n) is 12.2. The summed E-state index contributed by atoms with van der Waals surface area (Å²) >= 11 is 0. The maximum Gasteiger partial charge on any atom is -0.00206 e. The van der Waals surface area contributed by atoms with E-state index in [9.17, 15) is 0 Å². The Morgan fingerprint density at radius 2 is 1.27 bits per heavy atom. The minimum Gasteiger partial charge on any atom is -0.0990 e. The van der Waals surface area contributed by atoms with Crippen molar-refractivity contribution in [3.8, 4) is 44.5 Å². The zero-order chi connectivity index (χ0) is 34.0. The molecule has 0 aromatic heterocycles. The summed E-state index contributed by atoms with van der Waals surface area (Å²) in [5.41, 5.74) is 16.8. The van der Waals surface area contributed by atoms with Crippen LogP contribution in [0.3, 0.4) is 0 Å². The zero-order valence-corrected chi connectivity index (χ0v) is 28.7. The Morgan fingerprint density at radius 1 is 0.633 bits per heavy atom. The van der Waals surface area contributed by atoms with Crippen LogP contribution in [0.1, 0.15) is 49.8 Å². The van der Waals surface area contributed by atoms with Crippen LogP contribution in [0.4, 0.5) is 0 Å². The van der Waals surface area contributed by atoms with Gasteiger partial charge in [-0.3, -0.25) is 0 Å². The first-order valence-electron chi connectivity index (χ1n) is 17.4. The molecule has 0 saturated heterocycles. The van der Waals surface area contributed by atoms with Gasteiger partial charge >= 0.3 is 0 Å². The van der Waals surface area contributed by atoms with E-state index >= 15 is 0 Å². The van der Waals surface area contributed by atoms with Crippen LogP contribution < -0.4 is 0 Å². The van der Waals surface area contributed by atoms with E-state index in [-0.39, 0.29) is 0 Å². The maximum atomic E-state index is 4.20. The summed E-state index contributed by atoms with van der Waals surface area (Å²) in [4.78, 5) is 0. The van der Waals surface area contributed by atoms with Gasteiger partial charge < -0.3 is 0 Å². The molecular formula is C49H44. The first-order chi connectivity index (χ1) is 24.2. The molecule has 0 amide bonds. The predicted molar refractivity (Wildman–Crippen MR) is 216 cm³/mol. The second kappa shape index (κ2) is 15.9. The highest BCUT2D eigenvalue weighted by Gasteiger charge is 2.21. The van der Waals surface area contributed by atoms with E-state index in [4.69, 9.17) is 0 Å². The lowest BCUT2D eigenvalue weighted by molar-refractivity contribution is 1.04. The van der Waals surface area contributed by atoms with E-state index in [0.29, 0.717) is 0 Å². The summed E-state index contributed by atoms with van der Waals surface area (Å²) < 4.78 is 0. The molecule has 0 heteroatoms. The van der Waals surface area contributed by atoms with E-state index in [1.165, 1.54) is 61.2 Å². The molecule has 5 aromatic carbocycles. The molecule has 0 bridgehead atoms. The van der Waals surface area contributed by atoms with Crippen LogP contribution in [0.2, 0.25) is 0 Å². The normalized spacial score (nSPS) is 13.4. The Balaban J connectivity index is 1.60. The third-order valence-electron chi connectivity index (χ3n) is 9.09. The number of hydrogen-bond donors (Lipinski definition) is 0. The average molecular weight is 633 g/mol. The van der Waals surface area contributed by atoms with Crippen LogP contribution in [-0.4, -0.2) is 0 Å². The topological polar surface area (TPSA) is 0 Å². The second-order valence-corrected chi connectivity index (χ2v) is 12.2. The van der Waals surface area contributed by atoms with Gasteiger partial charge in [0.15, 0.2) is 0 Å². The van der Waals surface area contributed by atoms with Crippen molar-refractivity contribution >= 4 is 16.7 Å². The van der Waals surface area contributed by atoms with Crippen LogP contribution in [-0.2, 0) is 0 Å². The standard InChI is InChI=1S/C49H44/c1-5-19-36(8-4)47-43(37(20-6-2)21-7-3)28-18-29-44(47)40-30-32-42(33-31-40)49-46(39-24-14-10-15-25-39)35-34-45(38-22-12-9-13-23-38)48(49)41-26-16-11-17-27-41/h5-6,8-9,11-14,16-35H,1,4,7,10,15H2,2-3H3/b20-6-,36-19+,37-21+. The van der Waals surface area contributed by atoms with Gasteiger partial charge in [0.2, 0.25) is 0 Å². The minimum atomic E-state index is 0.951. The molecule has 0 radical (unpaired) electrons. The summed E-state index contributed by atoms with van der Waals surface area (Å²) in [6.07, 6.45) is 22.5. The average Bonchev–Trinajstić information content (AvgIpc) is 3.17. The first-order valence-corrected chi connectivity index (χ1v) is 17.4. The largest absolute Gasteiger partial charge is 0.0990 e. The summed E-state index contributed by atoms with van der Waals surface area (Å²) in [6.45, 7) is 12.5. The van der Waals surface area contributed by atoms with E-state index in [0.717, 1.165) is 36.0 Å². The Morgan fingerprint density at radius 3 is 1.90 bits per heavy atom. The molecule has 0 spiro atoms. The third-order valence-corrected chi connectivity index (χ3v) is 9.09. The molecule has 0 heterocycles. The molecule has 6 rings (SSSR count). The molecule has 5 aromatic rings. The molecule has 0 atom stereocenters. The number of allylic oxidation sites excluding steroid dienone is 12. The number of hydrogen-bond acceptors (Lipinski definition) is 0. The minimum absolute atomic E-state index is 0.951. The molecule has 0 nitrogen and oxygen atoms in total. The van der Waals surface area contributed by atoms with E-state index in [2.05, 4.69) is 185 Å². The lowest BCUT2D eigenvalue weighted by atomic mass is 9.81. The number of rotatable bonds is 11. The Hall–Kier alpha value is -5.72. The fourth-order valence-electron chi connectivity index (χ4n) is 6.93. The van der Waals surface area contributed by atoms with Gasteiger partial charge in [-0.25, -0.2) is 0 Å². The third kappa shape index (κ3) is 7.10. The van der Waals surface area contributed by atoms with Crippen molar-refractivity contribution in [3.63, 3.8) is 0 Å². The smallest absolute Gasteiger partial charge is 0.00206 e. The van der Waals surface area contributed by atoms with Crippen molar-refractivity contribution in [1.82, 2.24) is 0 Å². The maximum absolute atomic E-state index is 4.20. The highest BCUT2D eigenvalue weighted by molar-refractivity contribution is 6.01. The van der Waals surface area contributed by atoms with Crippen LogP contribution in [0.5, 0.6) is 0 Å². The number of benzene rings is 5. The molecule has 1 aliphatic carbocycles. The highest BCUT2D eigenvalue weighted by Crippen LogP contribution is 2.45. The van der Waals surface area contributed by atoms with Gasteiger partial charge in [-0.05, 0) is 104 Å². The molecule has 0 N–H and O–H groups in total. The molecule has 1 aliphatic rings. The van der Waals surface area contributed by atoms with Crippen molar-refractivity contribution in [2.45, 2.75) is 33.1 Å². The fourth-order valence-corrected chi connectivity index (χ4v) is 6.93. The summed E-state index contributed by atoms with van der Waals surface area (Å²) in [5.74, 6) is 0. The van der Waals surface area contributed by atoms with Gasteiger partial charge in [0.1, 0.15) is 0 Å². The molecule has 0 aliphatic heterocycles. The Labute approximate surface area is 293 Å². The monoisotopic (exact) mass is 632 g/mol. The van der Waals surface area contributed by atoms with Gasteiger partial charge in [0.05, 0.1) is 0 Å². The van der Waals surface area contributed by atoms with Crippen molar-refractivity contribution in [1.29, 1.82) is 0 Å². The molecule has 0 fully saturated rings. The van der Waals surface area contributed by atoms with Crippen molar-refractivity contribution < 1.29 is 0 Å². The first kappa shape index (κ1) is 33.2. The molecule has 0 saturated carbocycles. The van der Waals surface area contributed by atoms with Gasteiger partial charge in [-0.2, -0.15) is 0 Å². The van der Waals surface area contributed by atoms with Crippen LogP contribution in [0.25, 0.3) is 61.2 Å². The Bertz CT molecular complexity index is 2090. The summed E-state index contributed by atoms with van der Waals surface area (Å²) in [7, 11) is 0. The van der Waals surface area contributed by atoms with Gasteiger partial charge in [-0.1, -0.05) is 190 Å². The van der Waals surface area contributed by atoms with E-state index in [1.54, 1.807) is 0 Å².